The molecule has 0 aliphatic carbocycles. The molecule has 6 nitrogen and oxygen atoms in total. The first kappa shape index (κ1) is 26.1. The highest BCUT2D eigenvalue weighted by atomic mass is 35.5. The molecule has 38 heavy (non-hydrogen) atoms. The number of rotatable bonds is 6. The van der Waals surface area contributed by atoms with Gasteiger partial charge >= 0.3 is 5.97 Å². The van der Waals surface area contributed by atoms with Crippen LogP contribution in [0.1, 0.15) is 38.0 Å². The van der Waals surface area contributed by atoms with E-state index in [1.807, 2.05) is 89.6 Å². The number of hydrogen-bond donors (Lipinski definition) is 1. The van der Waals surface area contributed by atoms with Crippen molar-refractivity contribution in [1.29, 1.82) is 0 Å². The van der Waals surface area contributed by atoms with Gasteiger partial charge < -0.3 is 9.84 Å². The number of benzene rings is 3. The van der Waals surface area contributed by atoms with Crippen molar-refractivity contribution in [2.75, 3.05) is 0 Å². The molecule has 1 N–H and O–H groups in total. The van der Waals surface area contributed by atoms with Gasteiger partial charge in [0.15, 0.2) is 6.10 Å². The van der Waals surface area contributed by atoms with Crippen LogP contribution < -0.4 is 0 Å². The van der Waals surface area contributed by atoms with Gasteiger partial charge in [-0.2, -0.15) is 5.10 Å². The van der Waals surface area contributed by atoms with Gasteiger partial charge in [-0.05, 0) is 68.7 Å². The third-order valence-electron chi connectivity index (χ3n) is 6.17. The largest absolute Gasteiger partial charge is 0.479 e. The lowest BCUT2D eigenvalue weighted by molar-refractivity contribution is -0.160. The number of halogens is 1. The van der Waals surface area contributed by atoms with E-state index in [2.05, 4.69) is 17.2 Å². The predicted molar refractivity (Wildman–Crippen MR) is 154 cm³/mol. The van der Waals surface area contributed by atoms with Crippen LogP contribution in [-0.2, 0) is 16.6 Å². The van der Waals surface area contributed by atoms with Crippen LogP contribution >= 0.6 is 22.9 Å². The molecule has 1 atom stereocenters. The van der Waals surface area contributed by atoms with Gasteiger partial charge in [-0.25, -0.2) is 9.78 Å². The molecule has 0 radical (unpaired) electrons. The summed E-state index contributed by atoms with van der Waals surface area (Å²) in [6.07, 6.45) is 2.67. The van der Waals surface area contributed by atoms with Gasteiger partial charge in [0.05, 0.1) is 22.0 Å². The minimum absolute atomic E-state index is 0.608. The monoisotopic (exact) mass is 545 g/mol. The number of hydrogen-bond acceptors (Lipinski definition) is 5. The average Bonchev–Trinajstić information content (AvgIpc) is 3.48. The molecule has 5 rings (SSSR count). The minimum Gasteiger partial charge on any atom is -0.479 e. The number of carbonyl (C=O) groups is 1. The van der Waals surface area contributed by atoms with Crippen LogP contribution in [0.15, 0.2) is 67.0 Å². The van der Waals surface area contributed by atoms with Gasteiger partial charge in [0.1, 0.15) is 5.01 Å². The Labute approximate surface area is 230 Å². The highest BCUT2D eigenvalue weighted by molar-refractivity contribution is 7.22. The van der Waals surface area contributed by atoms with Crippen molar-refractivity contribution in [3.05, 3.63) is 83.1 Å². The molecule has 8 heteroatoms. The van der Waals surface area contributed by atoms with E-state index in [-0.39, 0.29) is 0 Å². The van der Waals surface area contributed by atoms with Crippen molar-refractivity contribution in [2.45, 2.75) is 39.4 Å². The lowest BCUT2D eigenvalue weighted by Gasteiger charge is -2.28. The normalized spacial score (nSPS) is 12.7. The number of thiazole rings is 1. The van der Waals surface area contributed by atoms with Crippen LogP contribution in [0.3, 0.4) is 0 Å². The smallest absolute Gasteiger partial charge is 0.337 e. The summed E-state index contributed by atoms with van der Waals surface area (Å²) in [5.41, 5.74) is 6.31. The first-order valence-corrected chi connectivity index (χ1v) is 13.4. The fraction of sp³-hybridized carbons (Fsp3) is 0.233. The van der Waals surface area contributed by atoms with Crippen LogP contribution in [0.25, 0.3) is 43.0 Å². The number of aromatic nitrogens is 3. The van der Waals surface area contributed by atoms with E-state index in [0.29, 0.717) is 10.6 Å². The third kappa shape index (κ3) is 5.23. The fourth-order valence-electron chi connectivity index (χ4n) is 4.56. The van der Waals surface area contributed by atoms with Crippen LogP contribution in [0.5, 0.6) is 0 Å². The molecule has 1 unspecified atom stereocenters. The summed E-state index contributed by atoms with van der Waals surface area (Å²) in [5.74, 6) is -1.04. The maximum absolute atomic E-state index is 12.5. The second kappa shape index (κ2) is 9.98. The average molecular weight is 546 g/mol. The molecule has 0 saturated heterocycles. The number of carboxylic acids is 1. The Bertz CT molecular complexity index is 1650. The lowest BCUT2D eigenvalue weighted by atomic mass is 9.91. The zero-order valence-electron chi connectivity index (χ0n) is 21.8. The van der Waals surface area contributed by atoms with E-state index in [1.165, 1.54) is 0 Å². The molecule has 2 aromatic heterocycles. The van der Waals surface area contributed by atoms with Gasteiger partial charge in [0.25, 0.3) is 0 Å². The molecule has 2 heterocycles. The van der Waals surface area contributed by atoms with Crippen molar-refractivity contribution in [1.82, 2.24) is 14.8 Å². The highest BCUT2D eigenvalue weighted by Crippen LogP contribution is 2.44. The summed E-state index contributed by atoms with van der Waals surface area (Å²) in [6.45, 7) is 7.49. The predicted octanol–water partition coefficient (Wildman–Crippen LogP) is 7.93. The summed E-state index contributed by atoms with van der Waals surface area (Å²) < 4.78 is 8.79. The molecule has 0 bridgehead atoms. The Hall–Kier alpha value is -3.52. The van der Waals surface area contributed by atoms with Gasteiger partial charge in [0, 0.05) is 40.5 Å². The van der Waals surface area contributed by atoms with E-state index < -0.39 is 17.7 Å². The van der Waals surface area contributed by atoms with E-state index >= 15 is 0 Å². The second-order valence-electron chi connectivity index (χ2n) is 10.3. The Morgan fingerprint density at radius 1 is 1.05 bits per heavy atom. The quantitative estimate of drug-likeness (QED) is 0.234. The first-order chi connectivity index (χ1) is 18.0. The summed E-state index contributed by atoms with van der Waals surface area (Å²) in [7, 11) is 1.90. The van der Waals surface area contributed by atoms with Crippen molar-refractivity contribution in [2.24, 2.45) is 7.05 Å². The lowest BCUT2D eigenvalue weighted by Crippen LogP contribution is -2.28. The third-order valence-corrected chi connectivity index (χ3v) is 7.56. The van der Waals surface area contributed by atoms with Crippen LogP contribution in [-0.4, -0.2) is 31.4 Å². The van der Waals surface area contributed by atoms with E-state index in [4.69, 9.17) is 21.3 Å². The number of fused-ring (bicyclic) bond motifs is 1. The molecule has 3 aromatic carbocycles. The summed E-state index contributed by atoms with van der Waals surface area (Å²) >= 11 is 7.75. The van der Waals surface area contributed by atoms with E-state index in [0.717, 1.165) is 48.6 Å². The summed E-state index contributed by atoms with van der Waals surface area (Å²) in [6, 6.07) is 17.6. The Morgan fingerprint density at radius 2 is 1.76 bits per heavy atom. The van der Waals surface area contributed by atoms with Crippen molar-refractivity contribution >= 4 is 39.1 Å². The zero-order chi connectivity index (χ0) is 27.2. The van der Waals surface area contributed by atoms with Gasteiger partial charge in [-0.3, -0.25) is 4.68 Å². The molecule has 0 fully saturated rings. The molecular weight excluding hydrogens is 518 g/mol. The first-order valence-electron chi connectivity index (χ1n) is 12.2. The second-order valence-corrected chi connectivity index (χ2v) is 11.7. The van der Waals surface area contributed by atoms with Crippen molar-refractivity contribution in [3.8, 4) is 32.8 Å². The maximum atomic E-state index is 12.5. The Kier molecular flexibility index (Phi) is 6.86. The van der Waals surface area contributed by atoms with Crippen LogP contribution in [0.2, 0.25) is 5.02 Å². The van der Waals surface area contributed by atoms with Crippen LogP contribution in [0.4, 0.5) is 0 Å². The molecule has 0 spiro atoms. The SMILES string of the molecule is Cc1cc2nc(-c3cccc(-c4cnn(C)c4)c3)sc2c(-c2ccc(Cl)cc2)c1C(OC(C)(C)C)C(=O)O. The molecule has 0 aliphatic rings. The standard InChI is InChI=1S/C30H28ClN3O3S/c1-17-13-23-27(38-28(33-23)20-8-6-7-19(14-20)21-15-32-34(5)16-21)25(18-9-11-22(31)12-10-18)24(17)26(29(35)36)37-30(2,3)4/h6-16,26H,1-5H3,(H,35,36). The molecule has 194 valence electrons. The van der Waals surface area contributed by atoms with Crippen molar-refractivity contribution in [3.63, 3.8) is 0 Å². The van der Waals surface area contributed by atoms with Gasteiger partial charge in [-0.1, -0.05) is 41.9 Å². The van der Waals surface area contributed by atoms with E-state index in [9.17, 15) is 9.90 Å². The molecule has 0 amide bonds. The minimum atomic E-state index is -1.15. The Morgan fingerprint density at radius 3 is 2.39 bits per heavy atom. The number of aryl methyl sites for hydroxylation is 2. The zero-order valence-corrected chi connectivity index (χ0v) is 23.4. The van der Waals surface area contributed by atoms with Gasteiger partial charge in [0.2, 0.25) is 0 Å². The fourth-order valence-corrected chi connectivity index (χ4v) is 5.81. The number of ether oxygens (including phenoxy) is 1. The number of aliphatic carboxylic acids is 1. The topological polar surface area (TPSA) is 77.2 Å². The number of nitrogens with zero attached hydrogens (tertiary/aromatic N) is 3. The summed E-state index contributed by atoms with van der Waals surface area (Å²) in [5, 5.41) is 16.0. The number of carboxylic acid groups (broad SMARTS) is 1. The molecular formula is C30H28ClN3O3S. The van der Waals surface area contributed by atoms with Crippen molar-refractivity contribution < 1.29 is 14.6 Å². The molecule has 0 aliphatic heterocycles. The van der Waals surface area contributed by atoms with E-state index in [1.54, 1.807) is 16.0 Å². The Balaban J connectivity index is 1.74. The summed E-state index contributed by atoms with van der Waals surface area (Å²) in [4.78, 5) is 17.5. The molecule has 0 saturated carbocycles. The molecule has 5 aromatic rings. The van der Waals surface area contributed by atoms with Crippen LogP contribution in [0, 0.1) is 6.92 Å². The maximum Gasteiger partial charge on any atom is 0.337 e. The highest BCUT2D eigenvalue weighted by Gasteiger charge is 2.32. The van der Waals surface area contributed by atoms with Gasteiger partial charge in [-0.15, -0.1) is 11.3 Å².